The van der Waals surface area contributed by atoms with Crippen molar-refractivity contribution in [1.82, 2.24) is 15.1 Å². The molecule has 3 rings (SSSR count). The molecule has 3 heterocycles. The number of amides is 2. The summed E-state index contributed by atoms with van der Waals surface area (Å²) < 4.78 is 11.1. The molecule has 3 aliphatic rings. The Balaban J connectivity index is 1.76. The highest BCUT2D eigenvalue weighted by Gasteiger charge is 2.54. The summed E-state index contributed by atoms with van der Waals surface area (Å²) in [5.41, 5.74) is 4.98. The number of carbonyl (C=O) groups excluding carboxylic acids is 2. The van der Waals surface area contributed by atoms with Crippen LogP contribution in [0.25, 0.3) is 0 Å². The first-order valence-corrected chi connectivity index (χ1v) is 11.0. The molecule has 0 aromatic rings. The van der Waals surface area contributed by atoms with Crippen LogP contribution in [-0.4, -0.2) is 92.5 Å². The summed E-state index contributed by atoms with van der Waals surface area (Å²) in [6.07, 6.45) is 4.27. The van der Waals surface area contributed by atoms with Gasteiger partial charge in [-0.25, -0.2) is 0 Å². The van der Waals surface area contributed by atoms with Crippen LogP contribution in [-0.2, 0) is 19.1 Å². The molecule has 0 spiro atoms. The monoisotopic (exact) mass is 434 g/mol. The van der Waals surface area contributed by atoms with Crippen molar-refractivity contribution >= 4 is 11.8 Å². The zero-order chi connectivity index (χ0) is 22.3. The zero-order valence-corrected chi connectivity index (χ0v) is 18.3. The largest absolute Gasteiger partial charge is 0.380 e. The highest BCUT2D eigenvalue weighted by Crippen LogP contribution is 2.41. The standard InChI is InChI=1S/C21H34N6O4/c1-3-19(28)27-9-6-16(18(27)15-30-4-2)21(17(20(22)29)14-24-25-21)23-7-5-8-26-10-12-31-13-11-26/h3,14,16,18,23H,1,4-13,15H2,2H3,(H2,22,29)/t16-,18?,21+/m0/s1. The topological polar surface area (TPSA) is 122 Å². The second-order valence-electron chi connectivity index (χ2n) is 7.98. The third kappa shape index (κ3) is 5.20. The molecule has 0 aliphatic carbocycles. The normalized spacial score (nSPS) is 28.7. The van der Waals surface area contributed by atoms with E-state index < -0.39 is 11.6 Å². The molecular formula is C21H34N6O4. The molecule has 0 saturated carbocycles. The molecule has 10 nitrogen and oxygen atoms in total. The first-order chi connectivity index (χ1) is 15.0. The predicted octanol–water partition coefficient (Wildman–Crippen LogP) is 0.269. The number of carbonyl (C=O) groups is 2. The van der Waals surface area contributed by atoms with Crippen LogP contribution in [0.2, 0.25) is 0 Å². The Morgan fingerprint density at radius 3 is 2.87 bits per heavy atom. The summed E-state index contributed by atoms with van der Waals surface area (Å²) in [5, 5.41) is 12.0. The van der Waals surface area contributed by atoms with Crippen molar-refractivity contribution in [2.24, 2.45) is 21.9 Å². The van der Waals surface area contributed by atoms with Crippen LogP contribution >= 0.6 is 0 Å². The van der Waals surface area contributed by atoms with E-state index >= 15 is 0 Å². The first-order valence-electron chi connectivity index (χ1n) is 11.0. The van der Waals surface area contributed by atoms with Crippen LogP contribution < -0.4 is 11.1 Å². The molecule has 1 unspecified atom stereocenters. The van der Waals surface area contributed by atoms with Gasteiger partial charge in [-0.2, -0.15) is 10.2 Å². The van der Waals surface area contributed by atoms with E-state index in [9.17, 15) is 9.59 Å². The van der Waals surface area contributed by atoms with Gasteiger partial charge in [0.2, 0.25) is 11.8 Å². The Morgan fingerprint density at radius 1 is 1.42 bits per heavy atom. The molecule has 31 heavy (non-hydrogen) atoms. The number of rotatable bonds is 11. The molecule has 0 aromatic carbocycles. The molecule has 2 saturated heterocycles. The number of nitrogens with zero attached hydrogens (tertiary/aromatic N) is 4. The summed E-state index contributed by atoms with van der Waals surface area (Å²) in [6.45, 7) is 11.9. The Labute approximate surface area is 183 Å². The fraction of sp³-hybridized carbons (Fsp3) is 0.714. The van der Waals surface area contributed by atoms with Gasteiger partial charge in [-0.1, -0.05) is 6.58 Å². The molecule has 0 radical (unpaired) electrons. The molecule has 0 bridgehead atoms. The summed E-state index contributed by atoms with van der Waals surface area (Å²) in [4.78, 5) is 28.9. The quantitative estimate of drug-likeness (QED) is 0.356. The molecule has 2 amide bonds. The Hall–Kier alpha value is -2.14. The molecule has 172 valence electrons. The van der Waals surface area contributed by atoms with Crippen molar-refractivity contribution in [3.05, 3.63) is 24.4 Å². The number of primary amides is 1. The molecule has 3 atom stereocenters. The van der Waals surface area contributed by atoms with Gasteiger partial charge in [0.1, 0.15) is 0 Å². The van der Waals surface area contributed by atoms with Gasteiger partial charge in [0.05, 0.1) is 37.6 Å². The number of hydrogen-bond acceptors (Lipinski definition) is 8. The smallest absolute Gasteiger partial charge is 0.250 e. The summed E-state index contributed by atoms with van der Waals surface area (Å²) in [6, 6.07) is -0.267. The van der Waals surface area contributed by atoms with Gasteiger partial charge in [0.25, 0.3) is 0 Å². The van der Waals surface area contributed by atoms with Crippen LogP contribution in [0.1, 0.15) is 19.8 Å². The van der Waals surface area contributed by atoms with Crippen molar-refractivity contribution in [3.8, 4) is 0 Å². The molecular weight excluding hydrogens is 400 g/mol. The van der Waals surface area contributed by atoms with Crippen molar-refractivity contribution in [2.75, 3.05) is 59.2 Å². The minimum Gasteiger partial charge on any atom is -0.380 e. The fourth-order valence-electron chi connectivity index (χ4n) is 4.70. The number of hydrogen-bond donors (Lipinski definition) is 2. The zero-order valence-electron chi connectivity index (χ0n) is 18.3. The van der Waals surface area contributed by atoms with Gasteiger partial charge in [-0.15, -0.1) is 0 Å². The number of morpholine rings is 1. The third-order valence-electron chi connectivity index (χ3n) is 6.26. The van der Waals surface area contributed by atoms with E-state index in [-0.39, 0.29) is 17.9 Å². The number of nitrogens with two attached hydrogens (primary N) is 1. The number of ether oxygens (including phenoxy) is 2. The van der Waals surface area contributed by atoms with Crippen molar-refractivity contribution in [1.29, 1.82) is 0 Å². The Kier molecular flexibility index (Phi) is 8.30. The van der Waals surface area contributed by atoms with Gasteiger partial charge in [0.15, 0.2) is 5.66 Å². The maximum atomic E-state index is 12.5. The summed E-state index contributed by atoms with van der Waals surface area (Å²) >= 11 is 0. The lowest BCUT2D eigenvalue weighted by molar-refractivity contribution is -0.128. The average Bonchev–Trinajstić information content (AvgIpc) is 3.40. The average molecular weight is 435 g/mol. The van der Waals surface area contributed by atoms with Crippen molar-refractivity contribution in [3.63, 3.8) is 0 Å². The van der Waals surface area contributed by atoms with Crippen LogP contribution in [0.15, 0.2) is 34.7 Å². The summed E-state index contributed by atoms with van der Waals surface area (Å²) in [7, 11) is 0. The number of azo groups is 1. The van der Waals surface area contributed by atoms with E-state index in [2.05, 4.69) is 27.0 Å². The lowest BCUT2D eigenvalue weighted by atomic mass is 9.81. The van der Waals surface area contributed by atoms with Crippen molar-refractivity contribution < 1.29 is 19.1 Å². The predicted molar refractivity (Wildman–Crippen MR) is 115 cm³/mol. The molecule has 3 aliphatic heterocycles. The van der Waals surface area contributed by atoms with E-state index in [1.54, 1.807) is 4.90 Å². The molecule has 0 aromatic heterocycles. The first kappa shape index (κ1) is 23.5. The Morgan fingerprint density at radius 2 is 2.19 bits per heavy atom. The van der Waals surface area contributed by atoms with Crippen molar-refractivity contribution in [2.45, 2.75) is 31.5 Å². The number of likely N-dealkylation sites (tertiary alicyclic amines) is 1. The van der Waals surface area contributed by atoms with E-state index in [4.69, 9.17) is 15.2 Å². The van der Waals surface area contributed by atoms with Crippen LogP contribution in [0.5, 0.6) is 0 Å². The molecule has 3 N–H and O–H groups in total. The molecule has 10 heteroatoms. The van der Waals surface area contributed by atoms with E-state index in [0.717, 1.165) is 39.3 Å². The number of nitrogens with one attached hydrogen (secondary N) is 1. The second-order valence-corrected chi connectivity index (χ2v) is 7.98. The lowest BCUT2D eigenvalue weighted by Gasteiger charge is -2.38. The minimum atomic E-state index is -1.06. The SMILES string of the molecule is C=CC(=O)N1CC[C@H]([C@@]2(NCCCN3CCOCC3)N=NC=C2C(N)=O)C1COCC. The van der Waals surface area contributed by atoms with E-state index in [0.29, 0.717) is 38.3 Å². The highest BCUT2D eigenvalue weighted by molar-refractivity contribution is 5.95. The lowest BCUT2D eigenvalue weighted by Crippen LogP contribution is -2.58. The van der Waals surface area contributed by atoms with Crippen LogP contribution in [0.3, 0.4) is 0 Å². The minimum absolute atomic E-state index is 0.158. The van der Waals surface area contributed by atoms with Gasteiger partial charge >= 0.3 is 0 Å². The van der Waals surface area contributed by atoms with E-state index in [1.807, 2.05) is 6.92 Å². The Bertz CT molecular complexity index is 721. The fourth-order valence-corrected chi connectivity index (χ4v) is 4.70. The van der Waals surface area contributed by atoms with Gasteiger partial charge < -0.3 is 20.1 Å². The van der Waals surface area contributed by atoms with Gasteiger partial charge in [-0.05, 0) is 38.9 Å². The van der Waals surface area contributed by atoms with Crippen LogP contribution in [0, 0.1) is 5.92 Å². The third-order valence-corrected chi connectivity index (χ3v) is 6.26. The second kappa shape index (κ2) is 10.9. The summed E-state index contributed by atoms with van der Waals surface area (Å²) in [5.74, 6) is -0.917. The van der Waals surface area contributed by atoms with Gasteiger partial charge in [-0.3, -0.25) is 19.8 Å². The molecule has 2 fully saturated rings. The highest BCUT2D eigenvalue weighted by atomic mass is 16.5. The maximum Gasteiger partial charge on any atom is 0.250 e. The van der Waals surface area contributed by atoms with E-state index in [1.165, 1.54) is 12.3 Å². The maximum absolute atomic E-state index is 12.5. The van der Waals surface area contributed by atoms with Crippen LogP contribution in [0.4, 0.5) is 0 Å². The van der Waals surface area contributed by atoms with Gasteiger partial charge in [0, 0.05) is 32.2 Å².